The van der Waals surface area contributed by atoms with Crippen LogP contribution in [0.5, 0.6) is 0 Å². The first-order chi connectivity index (χ1) is 9.19. The number of hydrogen-bond acceptors (Lipinski definition) is 6. The first kappa shape index (κ1) is 16.9. The number of nitrogens with zero attached hydrogens (tertiary/aromatic N) is 3. The molecule has 0 radical (unpaired) electrons. The second-order valence-electron chi connectivity index (χ2n) is 4.14. The fourth-order valence-electron chi connectivity index (χ4n) is 1.62. The van der Waals surface area contributed by atoms with Crippen molar-refractivity contribution in [3.8, 4) is 0 Å². The lowest BCUT2D eigenvalue weighted by molar-refractivity contribution is -0.384. The Morgan fingerprint density at radius 2 is 2.15 bits per heavy atom. The van der Waals surface area contributed by atoms with Crippen LogP contribution >= 0.6 is 11.8 Å². The molecule has 6 nitrogen and oxygen atoms in total. The molecule has 1 aliphatic rings. The average Bonchev–Trinajstić information content (AvgIpc) is 2.46. The van der Waals surface area contributed by atoms with Gasteiger partial charge in [-0.3, -0.25) is 15.0 Å². The van der Waals surface area contributed by atoms with Crippen LogP contribution in [0.15, 0.2) is 29.3 Å². The van der Waals surface area contributed by atoms with E-state index in [1.807, 2.05) is 0 Å². The second kappa shape index (κ2) is 8.23. The predicted octanol–water partition coefficient (Wildman–Crippen LogP) is -0.972. The van der Waals surface area contributed by atoms with Gasteiger partial charge in [0.2, 0.25) is 0 Å². The molecule has 0 atom stereocenters. The number of halogens is 1. The van der Waals surface area contributed by atoms with Gasteiger partial charge in [0.25, 0.3) is 5.69 Å². The molecule has 2 rings (SSSR count). The van der Waals surface area contributed by atoms with Gasteiger partial charge < -0.3 is 22.3 Å². The van der Waals surface area contributed by atoms with Crippen molar-refractivity contribution in [2.75, 3.05) is 19.9 Å². The first-order valence-electron chi connectivity index (χ1n) is 6.06. The number of hydrogen-bond donors (Lipinski definition) is 1. The Bertz CT molecular complexity index is 481. The maximum Gasteiger partial charge on any atom is 0.269 e. The van der Waals surface area contributed by atoms with Crippen molar-refractivity contribution in [1.82, 2.24) is 10.2 Å². The van der Waals surface area contributed by atoms with Gasteiger partial charge in [-0.15, -0.1) is 0 Å². The molecule has 0 amide bonds. The van der Waals surface area contributed by atoms with Crippen LogP contribution in [0, 0.1) is 10.1 Å². The zero-order valence-electron chi connectivity index (χ0n) is 11.1. The summed E-state index contributed by atoms with van der Waals surface area (Å²) in [5.41, 5.74) is 1.18. The third-order valence-electron chi connectivity index (χ3n) is 2.84. The SMILES string of the molecule is CCN1CN=C(SCc2ccc([N+](=O)[O-])cc2)NC1.[Br-]. The number of aliphatic imine (C=N–C) groups is 1. The lowest BCUT2D eigenvalue weighted by Crippen LogP contribution is -3.00. The Morgan fingerprint density at radius 1 is 1.45 bits per heavy atom. The van der Waals surface area contributed by atoms with Crippen LogP contribution in [-0.2, 0) is 5.75 Å². The van der Waals surface area contributed by atoms with Crippen molar-refractivity contribution in [3.05, 3.63) is 39.9 Å². The summed E-state index contributed by atoms with van der Waals surface area (Å²) in [6.45, 7) is 4.64. The van der Waals surface area contributed by atoms with E-state index in [1.54, 1.807) is 23.9 Å². The quantitative estimate of drug-likeness (QED) is 0.553. The molecular weight excluding hydrogens is 344 g/mol. The molecule has 110 valence electrons. The molecule has 8 heteroatoms. The molecule has 0 spiro atoms. The van der Waals surface area contributed by atoms with Gasteiger partial charge in [0.05, 0.1) is 18.3 Å². The largest absolute Gasteiger partial charge is 1.00 e. The van der Waals surface area contributed by atoms with Gasteiger partial charge in [0.15, 0.2) is 5.17 Å². The summed E-state index contributed by atoms with van der Waals surface area (Å²) in [5.74, 6) is 0.760. The standard InChI is InChI=1S/C12H16N4O2S.BrH/c1-2-15-8-13-12(14-9-15)19-7-10-3-5-11(6-4-10)16(17)18;/h3-6H,2,7-9H2,1H3,(H,13,14);1H/p-1. The molecule has 0 bridgehead atoms. The van der Waals surface area contributed by atoms with E-state index in [2.05, 4.69) is 22.1 Å². The van der Waals surface area contributed by atoms with E-state index in [0.717, 1.165) is 36.4 Å². The molecule has 0 saturated heterocycles. The van der Waals surface area contributed by atoms with Gasteiger partial charge in [0.1, 0.15) is 0 Å². The highest BCUT2D eigenvalue weighted by molar-refractivity contribution is 8.13. The van der Waals surface area contributed by atoms with E-state index < -0.39 is 0 Å². The fourth-order valence-corrected chi connectivity index (χ4v) is 2.44. The molecule has 1 aromatic carbocycles. The molecule has 0 unspecified atom stereocenters. The highest BCUT2D eigenvalue weighted by Crippen LogP contribution is 2.17. The van der Waals surface area contributed by atoms with Gasteiger partial charge in [-0.2, -0.15) is 0 Å². The maximum atomic E-state index is 10.5. The molecular formula is C12H16BrN4O2S-. The van der Waals surface area contributed by atoms with Crippen LogP contribution < -0.4 is 22.3 Å². The summed E-state index contributed by atoms with van der Waals surface area (Å²) >= 11 is 1.62. The van der Waals surface area contributed by atoms with E-state index in [1.165, 1.54) is 12.1 Å². The Hall–Kier alpha value is -1.12. The van der Waals surface area contributed by atoms with E-state index in [9.17, 15) is 10.1 Å². The molecule has 0 aromatic heterocycles. The summed E-state index contributed by atoms with van der Waals surface area (Å²) in [4.78, 5) is 16.8. The minimum Gasteiger partial charge on any atom is -1.00 e. The molecule has 20 heavy (non-hydrogen) atoms. The highest BCUT2D eigenvalue weighted by Gasteiger charge is 2.10. The van der Waals surface area contributed by atoms with Crippen LogP contribution in [0.4, 0.5) is 5.69 Å². The minimum absolute atomic E-state index is 0. The number of non-ortho nitro benzene ring substituents is 1. The number of nitro groups is 1. The summed E-state index contributed by atoms with van der Waals surface area (Å²) < 4.78 is 0. The van der Waals surface area contributed by atoms with E-state index >= 15 is 0 Å². The van der Waals surface area contributed by atoms with Crippen molar-refractivity contribution < 1.29 is 21.9 Å². The fraction of sp³-hybridized carbons (Fsp3) is 0.417. The lowest BCUT2D eigenvalue weighted by atomic mass is 10.2. The summed E-state index contributed by atoms with van der Waals surface area (Å²) in [6.07, 6.45) is 0. The van der Waals surface area contributed by atoms with Gasteiger partial charge in [-0.1, -0.05) is 30.8 Å². The first-order valence-corrected chi connectivity index (χ1v) is 7.04. The van der Waals surface area contributed by atoms with Crippen LogP contribution in [0.25, 0.3) is 0 Å². The van der Waals surface area contributed by atoms with Gasteiger partial charge >= 0.3 is 0 Å². The number of benzene rings is 1. The Morgan fingerprint density at radius 3 is 2.65 bits per heavy atom. The number of rotatable bonds is 4. The van der Waals surface area contributed by atoms with Crippen molar-refractivity contribution >= 4 is 22.6 Å². The third-order valence-corrected chi connectivity index (χ3v) is 3.86. The molecule has 1 heterocycles. The molecule has 1 aliphatic heterocycles. The average molecular weight is 360 g/mol. The predicted molar refractivity (Wildman–Crippen MR) is 77.1 cm³/mol. The second-order valence-corrected chi connectivity index (χ2v) is 5.10. The normalized spacial score (nSPS) is 14.9. The zero-order chi connectivity index (χ0) is 13.7. The van der Waals surface area contributed by atoms with Crippen LogP contribution in [0.3, 0.4) is 0 Å². The number of amidine groups is 1. The molecule has 0 fully saturated rings. The monoisotopic (exact) mass is 359 g/mol. The minimum atomic E-state index is -0.386. The van der Waals surface area contributed by atoms with Crippen molar-refractivity contribution in [2.24, 2.45) is 4.99 Å². The zero-order valence-corrected chi connectivity index (χ0v) is 13.5. The van der Waals surface area contributed by atoms with E-state index in [0.29, 0.717) is 0 Å². The third kappa shape index (κ3) is 4.77. The molecule has 0 saturated carbocycles. The molecule has 0 aliphatic carbocycles. The number of nitrogens with one attached hydrogen (secondary N) is 1. The van der Waals surface area contributed by atoms with Crippen LogP contribution in [0.1, 0.15) is 12.5 Å². The van der Waals surface area contributed by atoms with E-state index in [4.69, 9.17) is 0 Å². The summed E-state index contributed by atoms with van der Waals surface area (Å²) in [6, 6.07) is 6.63. The van der Waals surface area contributed by atoms with Gasteiger partial charge in [-0.25, -0.2) is 4.99 Å². The topological polar surface area (TPSA) is 70.8 Å². The Labute approximate surface area is 132 Å². The highest BCUT2D eigenvalue weighted by atomic mass is 79.9. The smallest absolute Gasteiger partial charge is 0.269 e. The van der Waals surface area contributed by atoms with Crippen molar-refractivity contribution in [3.63, 3.8) is 0 Å². The maximum absolute atomic E-state index is 10.5. The lowest BCUT2D eigenvalue weighted by Gasteiger charge is -2.24. The van der Waals surface area contributed by atoms with Crippen LogP contribution in [0.2, 0.25) is 0 Å². The van der Waals surface area contributed by atoms with Gasteiger partial charge in [0, 0.05) is 17.9 Å². The number of thioether (sulfide) groups is 1. The van der Waals surface area contributed by atoms with Crippen molar-refractivity contribution in [2.45, 2.75) is 12.7 Å². The molecule has 1 N–H and O–H groups in total. The van der Waals surface area contributed by atoms with Crippen molar-refractivity contribution in [1.29, 1.82) is 0 Å². The molecule has 1 aromatic rings. The summed E-state index contributed by atoms with van der Waals surface area (Å²) in [5, 5.41) is 14.7. The summed E-state index contributed by atoms with van der Waals surface area (Å²) in [7, 11) is 0. The Kier molecular flexibility index (Phi) is 6.97. The Balaban J connectivity index is 0.00000200. The van der Waals surface area contributed by atoms with E-state index in [-0.39, 0.29) is 27.6 Å². The van der Waals surface area contributed by atoms with Gasteiger partial charge in [-0.05, 0) is 12.1 Å². The number of nitro benzene ring substituents is 1. The van der Waals surface area contributed by atoms with Crippen LogP contribution in [-0.4, -0.2) is 34.9 Å².